The predicted octanol–water partition coefficient (Wildman–Crippen LogP) is -5.59. The van der Waals surface area contributed by atoms with Crippen molar-refractivity contribution in [1.29, 1.82) is 0 Å². The summed E-state index contributed by atoms with van der Waals surface area (Å²) in [6.07, 6.45) is 0. The van der Waals surface area contributed by atoms with E-state index in [9.17, 15) is 0 Å². The summed E-state index contributed by atoms with van der Waals surface area (Å²) in [5, 5.41) is 0. The Balaban J connectivity index is -0.000000605. The number of halogens is 2. The van der Waals surface area contributed by atoms with Crippen molar-refractivity contribution in [3.05, 3.63) is 0 Å². The van der Waals surface area contributed by atoms with Crippen molar-refractivity contribution < 1.29 is 33.8 Å². The fourth-order valence-electron chi connectivity index (χ4n) is 0.586. The smallest absolute Gasteiger partial charge is 0.140 e. The predicted molar refractivity (Wildman–Crippen MR) is 53.6 cm³/mol. The minimum Gasteiger partial charge on any atom is -1.00 e. The molecule has 0 aromatic heterocycles. The normalized spacial score (nSPS) is 10.4. The third-order valence-electron chi connectivity index (χ3n) is 1.23. The van der Waals surface area contributed by atoms with Gasteiger partial charge < -0.3 is 33.8 Å². The molecule has 14 heavy (non-hydrogen) atoms. The topological polar surface area (TPSA) is 0 Å². The Morgan fingerprint density at radius 3 is 1.00 bits per heavy atom. The van der Waals surface area contributed by atoms with Crippen molar-refractivity contribution in [2.45, 2.75) is 0 Å². The van der Waals surface area contributed by atoms with E-state index in [4.69, 9.17) is 0 Å². The molecule has 4 heteroatoms. The van der Waals surface area contributed by atoms with Crippen LogP contribution >= 0.6 is 0 Å². The Labute approximate surface area is 101 Å². The number of rotatable bonds is 2. The highest BCUT2D eigenvalue weighted by molar-refractivity contribution is 4.99. The molecular weight excluding hydrogens is 219 g/mol. The van der Waals surface area contributed by atoms with Crippen LogP contribution in [0.15, 0.2) is 0 Å². The highest BCUT2D eigenvalue weighted by atomic mass is 35.5. The summed E-state index contributed by atoms with van der Waals surface area (Å²) in [6.45, 7) is 1.86. The van der Waals surface area contributed by atoms with Crippen molar-refractivity contribution in [1.82, 2.24) is 0 Å². The Morgan fingerprint density at radius 2 is 0.857 bits per heavy atom. The van der Waals surface area contributed by atoms with Crippen LogP contribution in [0.2, 0.25) is 0 Å². The minimum atomic E-state index is 0. The Bertz CT molecular complexity index is 171. The van der Waals surface area contributed by atoms with Crippen molar-refractivity contribution >= 4 is 0 Å². The first-order chi connectivity index (χ1) is 5.21. The van der Waals surface area contributed by atoms with E-state index in [0.717, 1.165) is 22.1 Å². The Kier molecular flexibility index (Phi) is 10.3. The summed E-state index contributed by atoms with van der Waals surface area (Å²) >= 11 is 0. The van der Waals surface area contributed by atoms with E-state index in [1.54, 1.807) is 0 Å². The molecule has 0 heterocycles. The molecule has 0 atom stereocenters. The molecule has 0 aromatic carbocycles. The quantitative estimate of drug-likeness (QED) is 0.334. The van der Waals surface area contributed by atoms with Gasteiger partial charge in [-0.15, -0.1) is 0 Å². The molecule has 86 valence electrons. The highest BCUT2D eigenvalue weighted by Crippen LogP contribution is 1.88. The SMILES string of the molecule is C[N+](C)(C)CC#CC[N+](C)(C)C.[Cl-].[Cl-]. The fourth-order valence-corrected chi connectivity index (χ4v) is 0.586. The number of quaternary nitrogens is 2. The summed E-state index contributed by atoms with van der Waals surface area (Å²) in [7, 11) is 12.9. The van der Waals surface area contributed by atoms with Crippen LogP contribution in [0.1, 0.15) is 0 Å². The van der Waals surface area contributed by atoms with Gasteiger partial charge in [0, 0.05) is 0 Å². The van der Waals surface area contributed by atoms with Gasteiger partial charge in [-0.25, -0.2) is 0 Å². The zero-order chi connectivity index (χ0) is 9.83. The molecule has 0 aliphatic rings. The van der Waals surface area contributed by atoms with Crippen molar-refractivity contribution in [3.63, 3.8) is 0 Å². The zero-order valence-corrected chi connectivity index (χ0v) is 11.6. The average Bonchev–Trinajstić information content (AvgIpc) is 1.76. The molecule has 0 rings (SSSR count). The third kappa shape index (κ3) is 18.0. The van der Waals surface area contributed by atoms with Gasteiger partial charge in [-0.1, -0.05) is 0 Å². The van der Waals surface area contributed by atoms with Crippen molar-refractivity contribution in [2.24, 2.45) is 0 Å². The lowest BCUT2D eigenvalue weighted by atomic mass is 10.4. The number of hydrogen-bond acceptors (Lipinski definition) is 0. The maximum Gasteiger partial charge on any atom is 0.140 e. The second-order valence-corrected chi connectivity index (χ2v) is 5.25. The first-order valence-electron chi connectivity index (χ1n) is 4.27. The van der Waals surface area contributed by atoms with Crippen LogP contribution in [0.4, 0.5) is 0 Å². The zero-order valence-electron chi connectivity index (χ0n) is 10.1. The molecule has 2 nitrogen and oxygen atoms in total. The number of hydrogen-bond donors (Lipinski definition) is 0. The fraction of sp³-hybridized carbons (Fsp3) is 0.800. The monoisotopic (exact) mass is 240 g/mol. The van der Waals surface area contributed by atoms with Gasteiger partial charge in [0.1, 0.15) is 13.1 Å². The van der Waals surface area contributed by atoms with Gasteiger partial charge in [0.15, 0.2) is 0 Å². The molecule has 0 bridgehead atoms. The van der Waals surface area contributed by atoms with E-state index in [2.05, 4.69) is 54.1 Å². The van der Waals surface area contributed by atoms with Crippen molar-refractivity contribution in [2.75, 3.05) is 55.4 Å². The summed E-state index contributed by atoms with van der Waals surface area (Å²) in [4.78, 5) is 0. The van der Waals surface area contributed by atoms with E-state index in [0.29, 0.717) is 0 Å². The van der Waals surface area contributed by atoms with Crippen LogP contribution in [0.3, 0.4) is 0 Å². The van der Waals surface area contributed by atoms with Gasteiger partial charge >= 0.3 is 0 Å². The summed E-state index contributed by atoms with van der Waals surface area (Å²) in [5.74, 6) is 6.38. The second-order valence-electron chi connectivity index (χ2n) is 5.25. The van der Waals surface area contributed by atoms with E-state index in [1.165, 1.54) is 0 Å². The molecule has 0 amide bonds. The summed E-state index contributed by atoms with van der Waals surface area (Å²) in [5.41, 5.74) is 0. The first-order valence-corrected chi connectivity index (χ1v) is 4.27. The largest absolute Gasteiger partial charge is 1.00 e. The van der Waals surface area contributed by atoms with Crippen molar-refractivity contribution in [3.8, 4) is 11.8 Å². The molecular formula is C10H22Cl2N2. The maximum absolute atomic E-state index is 3.19. The molecule has 0 aromatic rings. The van der Waals surface area contributed by atoms with Crippen LogP contribution < -0.4 is 24.8 Å². The molecule has 0 fully saturated rings. The highest BCUT2D eigenvalue weighted by Gasteiger charge is 2.04. The lowest BCUT2D eigenvalue weighted by Crippen LogP contribution is -3.00. The number of nitrogens with zero attached hydrogens (tertiary/aromatic N) is 2. The van der Waals surface area contributed by atoms with E-state index >= 15 is 0 Å². The lowest BCUT2D eigenvalue weighted by Gasteiger charge is -2.21. The first kappa shape index (κ1) is 19.6. The standard InChI is InChI=1S/C10H22N2.2ClH/c1-11(2,3)9-7-8-10-12(4,5)6;;/h9-10H2,1-6H3;2*1H/q+2;;/p-2. The van der Waals surface area contributed by atoms with E-state index in [1.807, 2.05) is 0 Å². The van der Waals surface area contributed by atoms with Crippen LogP contribution in [-0.2, 0) is 0 Å². The van der Waals surface area contributed by atoms with Gasteiger partial charge in [-0.3, -0.25) is 0 Å². The Morgan fingerprint density at radius 1 is 0.643 bits per heavy atom. The Hall–Kier alpha value is 0.0600. The molecule has 0 spiro atoms. The second kappa shape index (κ2) is 7.36. The summed E-state index contributed by atoms with van der Waals surface area (Å²) < 4.78 is 1.84. The molecule has 0 saturated carbocycles. The molecule has 0 saturated heterocycles. The lowest BCUT2D eigenvalue weighted by molar-refractivity contribution is -0.864. The van der Waals surface area contributed by atoms with E-state index in [-0.39, 0.29) is 24.8 Å². The van der Waals surface area contributed by atoms with Gasteiger partial charge in [-0.2, -0.15) is 0 Å². The van der Waals surface area contributed by atoms with Gasteiger partial charge in [0.05, 0.1) is 42.3 Å². The minimum absolute atomic E-state index is 0. The molecule has 0 aliphatic carbocycles. The van der Waals surface area contributed by atoms with Gasteiger partial charge in [-0.05, 0) is 11.8 Å². The molecule has 0 radical (unpaired) electrons. The molecule has 0 unspecified atom stereocenters. The maximum atomic E-state index is 3.19. The summed E-state index contributed by atoms with van der Waals surface area (Å²) in [6, 6.07) is 0. The van der Waals surface area contributed by atoms with Crippen LogP contribution in [0, 0.1) is 11.8 Å². The molecule has 0 aliphatic heterocycles. The van der Waals surface area contributed by atoms with Crippen LogP contribution in [0.5, 0.6) is 0 Å². The molecule has 0 N–H and O–H groups in total. The van der Waals surface area contributed by atoms with Crippen LogP contribution in [0.25, 0.3) is 0 Å². The third-order valence-corrected chi connectivity index (χ3v) is 1.23. The van der Waals surface area contributed by atoms with Gasteiger partial charge in [0.25, 0.3) is 0 Å². The average molecular weight is 241 g/mol. The van der Waals surface area contributed by atoms with Gasteiger partial charge in [0.2, 0.25) is 0 Å². The van der Waals surface area contributed by atoms with Crippen LogP contribution in [-0.4, -0.2) is 64.3 Å². The van der Waals surface area contributed by atoms with E-state index < -0.39 is 0 Å².